The van der Waals surface area contributed by atoms with E-state index in [2.05, 4.69) is 33.9 Å². The third-order valence-electron chi connectivity index (χ3n) is 5.75. The topological polar surface area (TPSA) is 110 Å². The van der Waals surface area contributed by atoms with Crippen LogP contribution in [0.3, 0.4) is 0 Å². The number of nitrogens with zero attached hydrogens (tertiary/aromatic N) is 4. The maximum absolute atomic E-state index is 13.1. The van der Waals surface area contributed by atoms with Crippen LogP contribution in [0.2, 0.25) is 0 Å². The van der Waals surface area contributed by atoms with E-state index in [1.807, 2.05) is 6.92 Å². The molecule has 9 nitrogen and oxygen atoms in total. The van der Waals surface area contributed by atoms with E-state index in [1.165, 1.54) is 27.8 Å². The summed E-state index contributed by atoms with van der Waals surface area (Å²) in [7, 11) is 0. The molecule has 34 heavy (non-hydrogen) atoms. The summed E-state index contributed by atoms with van der Waals surface area (Å²) in [6, 6.07) is 5.44. The van der Waals surface area contributed by atoms with Gasteiger partial charge in [-0.25, -0.2) is 4.52 Å². The molecule has 0 spiro atoms. The highest BCUT2D eigenvalue weighted by Gasteiger charge is 2.24. The van der Waals surface area contributed by atoms with Crippen molar-refractivity contribution in [2.24, 2.45) is 4.99 Å². The number of aliphatic imine (C=N–C) groups is 1. The smallest absolute Gasteiger partial charge is 0.278 e. The largest absolute Gasteiger partial charge is 0.349 e. The minimum Gasteiger partial charge on any atom is -0.349 e. The van der Waals surface area contributed by atoms with Gasteiger partial charge in [0.05, 0.1) is 17.8 Å². The number of anilines is 1. The Kier molecular flexibility index (Phi) is 6.27. The number of aryl methyl sites for hydroxylation is 2. The maximum atomic E-state index is 13.1. The minimum atomic E-state index is -0.392. The number of rotatable bonds is 8. The lowest BCUT2D eigenvalue weighted by Crippen LogP contribution is -2.26. The number of allylic oxidation sites excluding steroid dienone is 1. The molecule has 2 amide bonds. The summed E-state index contributed by atoms with van der Waals surface area (Å²) in [6.07, 6.45) is 7.83. The van der Waals surface area contributed by atoms with Crippen LogP contribution in [0.4, 0.5) is 5.69 Å². The summed E-state index contributed by atoms with van der Waals surface area (Å²) in [5.74, 6) is -0.552. The van der Waals surface area contributed by atoms with Crippen molar-refractivity contribution in [3.8, 4) is 0 Å². The second-order valence-corrected chi connectivity index (χ2v) is 8.26. The van der Waals surface area contributed by atoms with Crippen molar-refractivity contribution in [3.05, 3.63) is 88.8 Å². The van der Waals surface area contributed by atoms with Crippen molar-refractivity contribution >= 4 is 28.7 Å². The standard InChI is InChI=1S/C25H26N6O3/c1-5-18(26-6-2)12-30-14-27-31-13-20(16(4)22(31)25(30)34)24(33)29-21-11-17(8-7-15(21)3)23(32)28-19-9-10-19/h5-8,11,13-14,19H,1-2,9-10,12H2,3-4H3,(H,28,32)(H,29,33). The zero-order valence-electron chi connectivity index (χ0n) is 19.2. The highest BCUT2D eigenvalue weighted by atomic mass is 16.2. The molecule has 1 fully saturated rings. The molecule has 2 heterocycles. The fourth-order valence-corrected chi connectivity index (χ4v) is 3.61. The van der Waals surface area contributed by atoms with Gasteiger partial charge in [-0.1, -0.05) is 19.2 Å². The van der Waals surface area contributed by atoms with Gasteiger partial charge in [0.25, 0.3) is 17.4 Å². The summed E-state index contributed by atoms with van der Waals surface area (Å²) in [5, 5.41) is 10.1. The Morgan fingerprint density at radius 3 is 2.68 bits per heavy atom. The van der Waals surface area contributed by atoms with Crippen LogP contribution in [0, 0.1) is 13.8 Å². The maximum Gasteiger partial charge on any atom is 0.278 e. The Morgan fingerprint density at radius 1 is 1.24 bits per heavy atom. The monoisotopic (exact) mass is 458 g/mol. The molecule has 174 valence electrons. The molecule has 0 bridgehead atoms. The first-order valence-electron chi connectivity index (χ1n) is 10.9. The Balaban J connectivity index is 1.62. The second-order valence-electron chi connectivity index (χ2n) is 8.26. The van der Waals surface area contributed by atoms with Gasteiger partial charge < -0.3 is 10.6 Å². The minimum absolute atomic E-state index is 0.160. The average Bonchev–Trinajstić information content (AvgIpc) is 3.56. The molecular weight excluding hydrogens is 432 g/mol. The van der Waals surface area contributed by atoms with Crippen molar-refractivity contribution in [1.29, 1.82) is 0 Å². The Morgan fingerprint density at radius 2 is 2.00 bits per heavy atom. The van der Waals surface area contributed by atoms with Gasteiger partial charge in [-0.05, 0) is 56.0 Å². The lowest BCUT2D eigenvalue weighted by molar-refractivity contribution is 0.0949. The molecule has 0 saturated heterocycles. The number of amides is 2. The third-order valence-corrected chi connectivity index (χ3v) is 5.75. The van der Waals surface area contributed by atoms with Crippen LogP contribution in [0.25, 0.3) is 5.52 Å². The van der Waals surface area contributed by atoms with Crippen LogP contribution in [0.5, 0.6) is 0 Å². The third kappa shape index (κ3) is 4.59. The van der Waals surface area contributed by atoms with Gasteiger partial charge >= 0.3 is 0 Å². The SMILES string of the molecule is C=CN=C(C=C)Cn1cnn2cc(C(=O)Nc3cc(C(=O)NC4CC4)ccc3C)c(C)c2c1=O. The van der Waals surface area contributed by atoms with Crippen LogP contribution in [0.1, 0.15) is 44.7 Å². The van der Waals surface area contributed by atoms with E-state index in [9.17, 15) is 14.4 Å². The molecule has 0 atom stereocenters. The fraction of sp³-hybridized carbons (Fsp3) is 0.240. The predicted molar refractivity (Wildman–Crippen MR) is 132 cm³/mol. The van der Waals surface area contributed by atoms with Crippen molar-refractivity contribution in [2.75, 3.05) is 5.32 Å². The second kappa shape index (κ2) is 9.30. The van der Waals surface area contributed by atoms with Gasteiger partial charge in [-0.3, -0.25) is 23.9 Å². The van der Waals surface area contributed by atoms with Gasteiger partial charge in [-0.2, -0.15) is 5.10 Å². The highest BCUT2D eigenvalue weighted by molar-refractivity contribution is 6.07. The van der Waals surface area contributed by atoms with Crippen molar-refractivity contribution in [2.45, 2.75) is 39.3 Å². The molecular formula is C25H26N6O3. The van der Waals surface area contributed by atoms with E-state index < -0.39 is 5.91 Å². The molecule has 1 aromatic carbocycles. The Bertz CT molecular complexity index is 1410. The molecule has 9 heteroatoms. The van der Waals surface area contributed by atoms with E-state index >= 15 is 0 Å². The number of carbonyl (C=O) groups excluding carboxylic acids is 2. The van der Waals surface area contributed by atoms with Gasteiger partial charge in [0.2, 0.25) is 0 Å². The first-order chi connectivity index (χ1) is 16.3. The first-order valence-corrected chi connectivity index (χ1v) is 10.9. The zero-order chi connectivity index (χ0) is 24.4. The van der Waals surface area contributed by atoms with Crippen molar-refractivity contribution in [3.63, 3.8) is 0 Å². The van der Waals surface area contributed by atoms with Crippen LogP contribution in [0.15, 0.2) is 65.9 Å². The molecule has 2 aromatic heterocycles. The number of carbonyl (C=O) groups is 2. The molecule has 1 saturated carbocycles. The fourth-order valence-electron chi connectivity index (χ4n) is 3.61. The lowest BCUT2D eigenvalue weighted by atomic mass is 10.1. The molecule has 0 radical (unpaired) electrons. The van der Waals surface area contributed by atoms with E-state index in [0.717, 1.165) is 18.4 Å². The highest BCUT2D eigenvalue weighted by Crippen LogP contribution is 2.22. The number of hydrogen-bond donors (Lipinski definition) is 2. The van der Waals surface area contributed by atoms with Crippen LogP contribution >= 0.6 is 0 Å². The van der Waals surface area contributed by atoms with E-state index in [0.29, 0.717) is 33.6 Å². The number of benzene rings is 1. The molecule has 0 aliphatic heterocycles. The van der Waals surface area contributed by atoms with Crippen LogP contribution < -0.4 is 16.2 Å². The number of hydrogen-bond acceptors (Lipinski definition) is 5. The van der Waals surface area contributed by atoms with Crippen LogP contribution in [-0.4, -0.2) is 37.7 Å². The molecule has 4 rings (SSSR count). The van der Waals surface area contributed by atoms with E-state index in [4.69, 9.17) is 0 Å². The molecule has 1 aliphatic carbocycles. The van der Waals surface area contributed by atoms with Gasteiger partial charge in [0.15, 0.2) is 0 Å². The first kappa shape index (κ1) is 22.9. The van der Waals surface area contributed by atoms with Gasteiger partial charge in [0, 0.05) is 29.7 Å². The number of fused-ring (bicyclic) bond motifs is 1. The summed E-state index contributed by atoms with van der Waals surface area (Å²) in [4.78, 5) is 42.7. The summed E-state index contributed by atoms with van der Waals surface area (Å²) in [5.41, 5.74) is 3.20. The van der Waals surface area contributed by atoms with E-state index in [-0.39, 0.29) is 24.1 Å². The van der Waals surface area contributed by atoms with Gasteiger partial charge in [0.1, 0.15) is 11.8 Å². The molecule has 1 aliphatic rings. The summed E-state index contributed by atoms with van der Waals surface area (Å²) < 4.78 is 2.80. The molecule has 2 N–H and O–H groups in total. The zero-order valence-corrected chi connectivity index (χ0v) is 19.2. The van der Waals surface area contributed by atoms with E-state index in [1.54, 1.807) is 31.2 Å². The molecule has 3 aromatic rings. The predicted octanol–water partition coefficient (Wildman–Crippen LogP) is 3.03. The average molecular weight is 459 g/mol. The quantitative estimate of drug-likeness (QED) is 0.506. The summed E-state index contributed by atoms with van der Waals surface area (Å²) in [6.45, 7) is 11.0. The number of nitrogens with one attached hydrogen (secondary N) is 2. The Labute approximate surface area is 196 Å². The Hall–Kier alpha value is -4.27. The van der Waals surface area contributed by atoms with Crippen molar-refractivity contribution < 1.29 is 9.59 Å². The lowest BCUT2D eigenvalue weighted by Gasteiger charge is -2.11. The van der Waals surface area contributed by atoms with Gasteiger partial charge in [-0.15, -0.1) is 0 Å². The van der Waals surface area contributed by atoms with Crippen LogP contribution in [-0.2, 0) is 6.54 Å². The molecule has 0 unspecified atom stereocenters. The van der Waals surface area contributed by atoms with Crippen molar-refractivity contribution in [1.82, 2.24) is 19.5 Å². The number of aromatic nitrogens is 3. The normalized spacial score (nSPS) is 13.5. The summed E-state index contributed by atoms with van der Waals surface area (Å²) >= 11 is 0.